The van der Waals surface area contributed by atoms with Crippen molar-refractivity contribution in [3.63, 3.8) is 0 Å². The van der Waals surface area contributed by atoms with Gasteiger partial charge in [-0.15, -0.1) is 6.42 Å². The van der Waals surface area contributed by atoms with Gasteiger partial charge in [0.15, 0.2) is 0 Å². The summed E-state index contributed by atoms with van der Waals surface area (Å²) < 4.78 is 0. The molecular weight excluding hydrogens is 1060 g/mol. The van der Waals surface area contributed by atoms with Crippen LogP contribution >= 0.6 is 0 Å². The Hall–Kier alpha value is -8.70. The maximum Gasteiger partial charge on any atom is 0.0673 e. The van der Waals surface area contributed by atoms with Gasteiger partial charge in [0.05, 0.1) is 5.41 Å². The van der Waals surface area contributed by atoms with Crippen LogP contribution in [-0.4, -0.2) is 0 Å². The first-order valence-corrected chi connectivity index (χ1v) is 33.3. The number of unbranched alkanes of at least 4 members (excludes halogenated alkanes) is 2. The second-order valence-electron chi connectivity index (χ2n) is 22.9. The molecule has 0 N–H and O–H groups in total. The Bertz CT molecular complexity index is 3930. The molecule has 0 radical (unpaired) electrons. The van der Waals surface area contributed by atoms with Gasteiger partial charge >= 0.3 is 0 Å². The number of nitrogens with zero attached hydrogens (tertiary/aromatic N) is 1. The van der Waals surface area contributed by atoms with E-state index in [1.165, 1.54) is 131 Å². The summed E-state index contributed by atoms with van der Waals surface area (Å²) in [5.41, 5.74) is 31.3. The first-order chi connectivity index (χ1) is 43.3. The van der Waals surface area contributed by atoms with E-state index >= 15 is 0 Å². The van der Waals surface area contributed by atoms with Crippen molar-refractivity contribution in [2.24, 2.45) is 0 Å². The minimum absolute atomic E-state index is 0.276. The highest BCUT2D eigenvalue weighted by Crippen LogP contribution is 2.59. The van der Waals surface area contributed by atoms with Crippen molar-refractivity contribution in [3.8, 4) is 34.6 Å². The largest absolute Gasteiger partial charge is 0.314 e. The van der Waals surface area contributed by atoms with Gasteiger partial charge in [0.25, 0.3) is 0 Å². The van der Waals surface area contributed by atoms with Gasteiger partial charge in [-0.05, 0) is 218 Å². The van der Waals surface area contributed by atoms with Crippen molar-refractivity contribution in [2.45, 2.75) is 151 Å². The van der Waals surface area contributed by atoms with Crippen LogP contribution in [0, 0.1) is 19.3 Å². The molecule has 0 aliphatic heterocycles. The summed E-state index contributed by atoms with van der Waals surface area (Å²) in [6, 6.07) is 62.0. The van der Waals surface area contributed by atoms with Crippen molar-refractivity contribution in [2.75, 3.05) is 4.90 Å². The van der Waals surface area contributed by atoms with Gasteiger partial charge in [-0.2, -0.15) is 0 Å². The summed E-state index contributed by atoms with van der Waals surface area (Å²) in [6.45, 7) is 25.2. The quantitative estimate of drug-likeness (QED) is 0.0775. The summed E-state index contributed by atoms with van der Waals surface area (Å²) in [5, 5.41) is 0. The summed E-state index contributed by atoms with van der Waals surface area (Å²) in [6.07, 6.45) is 40.6. The van der Waals surface area contributed by atoms with Crippen LogP contribution in [0.25, 0.3) is 50.1 Å². The average Bonchev–Trinajstić information content (AvgIpc) is 1.61. The number of rotatable bonds is 14. The first-order valence-electron chi connectivity index (χ1n) is 33.3. The Morgan fingerprint density at radius 3 is 2.00 bits per heavy atom. The van der Waals surface area contributed by atoms with Crippen LogP contribution in [0.4, 0.5) is 11.4 Å². The highest BCUT2D eigenvalue weighted by molar-refractivity contribution is 5.97. The predicted molar refractivity (Wildman–Crippen MR) is 387 cm³/mol. The van der Waals surface area contributed by atoms with E-state index in [-0.39, 0.29) is 5.41 Å². The number of anilines is 2. The number of fused-ring (bicyclic) bond motifs is 4. The molecule has 2 unspecified atom stereocenters. The van der Waals surface area contributed by atoms with Gasteiger partial charge < -0.3 is 4.90 Å². The van der Waals surface area contributed by atoms with Gasteiger partial charge in [0, 0.05) is 23.0 Å². The van der Waals surface area contributed by atoms with Crippen LogP contribution < -0.4 is 4.90 Å². The maximum atomic E-state index is 5.51. The molecule has 0 spiro atoms. The third-order valence-corrected chi connectivity index (χ3v) is 18.1. The lowest BCUT2D eigenvalue weighted by atomic mass is 9.64. The third kappa shape index (κ3) is 12.7. The molecule has 1 heteroatoms. The van der Waals surface area contributed by atoms with E-state index in [0.29, 0.717) is 5.92 Å². The average molecular weight is 1150 g/mol. The van der Waals surface area contributed by atoms with E-state index in [0.717, 1.165) is 73.9 Å². The number of hydrogen-bond acceptors (Lipinski definition) is 1. The van der Waals surface area contributed by atoms with E-state index in [4.69, 9.17) is 6.42 Å². The smallest absolute Gasteiger partial charge is 0.0673 e. The number of terminal acetylenes is 1. The molecule has 0 saturated heterocycles. The number of benzene rings is 7. The molecule has 446 valence electrons. The Morgan fingerprint density at radius 2 is 1.32 bits per heavy atom. The zero-order valence-corrected chi connectivity index (χ0v) is 54.4. The molecule has 0 heterocycles. The molecule has 6 aliphatic carbocycles. The van der Waals surface area contributed by atoms with Gasteiger partial charge in [0.2, 0.25) is 0 Å². The fraction of sp³-hybridized carbons (Fsp3) is 0.264. The second kappa shape index (κ2) is 30.3. The van der Waals surface area contributed by atoms with Crippen LogP contribution in [0.5, 0.6) is 0 Å². The molecule has 0 saturated carbocycles. The predicted octanol–water partition coefficient (Wildman–Crippen LogP) is 25.1. The SMILES string of the molecule is C#C/C=C\C(=C)c1ccc(C2=CC=C(N(c3ccc(-c4cccc5c4C4=C(C=CC4)C5CC)cc3)c3cccc(-c4ccc(C5=CC6=C(CC5)C(C5=CCCC=C5)(c5ccccc5)c5ccccc56)cc4)c3)CC2)cc1C.CC.CC.CC.CCCCC. The minimum atomic E-state index is -0.276. The monoisotopic (exact) mass is 1150 g/mol. The molecule has 7 aromatic carbocycles. The lowest BCUT2D eigenvalue weighted by Gasteiger charge is -2.38. The van der Waals surface area contributed by atoms with Crippen molar-refractivity contribution < 1.29 is 0 Å². The fourth-order valence-corrected chi connectivity index (χ4v) is 14.2. The van der Waals surface area contributed by atoms with Crippen molar-refractivity contribution in [1.29, 1.82) is 0 Å². The molecule has 6 aliphatic rings. The first kappa shape index (κ1) is 63.8. The minimum Gasteiger partial charge on any atom is -0.314 e. The van der Waals surface area contributed by atoms with E-state index in [1.54, 1.807) is 6.08 Å². The Kier molecular flexibility index (Phi) is 22.0. The maximum absolute atomic E-state index is 5.51. The summed E-state index contributed by atoms with van der Waals surface area (Å²) >= 11 is 0. The molecule has 2 atom stereocenters. The third-order valence-electron chi connectivity index (χ3n) is 18.1. The highest BCUT2D eigenvalue weighted by atomic mass is 15.1. The molecule has 0 aromatic heterocycles. The molecule has 88 heavy (non-hydrogen) atoms. The van der Waals surface area contributed by atoms with E-state index in [1.807, 2.05) is 47.6 Å². The van der Waals surface area contributed by atoms with Crippen LogP contribution in [0.15, 0.2) is 254 Å². The van der Waals surface area contributed by atoms with Crippen LogP contribution in [-0.2, 0) is 5.41 Å². The molecule has 0 amide bonds. The Balaban J connectivity index is 0.000000785. The van der Waals surface area contributed by atoms with Crippen molar-refractivity contribution in [3.05, 3.63) is 304 Å². The molecule has 0 fully saturated rings. The molecule has 13 rings (SSSR count). The van der Waals surface area contributed by atoms with Gasteiger partial charge in [-0.25, -0.2) is 0 Å². The molecule has 1 nitrogen and oxygen atoms in total. The summed E-state index contributed by atoms with van der Waals surface area (Å²) in [4.78, 5) is 2.49. The van der Waals surface area contributed by atoms with Gasteiger partial charge in [-0.1, -0.05) is 276 Å². The Labute approximate surface area is 530 Å². The molecule has 0 bridgehead atoms. The molecular formula is C87H93N. The van der Waals surface area contributed by atoms with Crippen molar-refractivity contribution >= 4 is 39.2 Å². The van der Waals surface area contributed by atoms with E-state index < -0.39 is 0 Å². The van der Waals surface area contributed by atoms with Crippen LogP contribution in [0.1, 0.15) is 189 Å². The second-order valence-corrected chi connectivity index (χ2v) is 22.9. The fourth-order valence-electron chi connectivity index (χ4n) is 14.2. The number of hydrogen-bond donors (Lipinski definition) is 0. The highest BCUT2D eigenvalue weighted by Gasteiger charge is 2.48. The topological polar surface area (TPSA) is 3.24 Å². The van der Waals surface area contributed by atoms with Gasteiger partial charge in [0.1, 0.15) is 0 Å². The van der Waals surface area contributed by atoms with Crippen LogP contribution in [0.3, 0.4) is 0 Å². The normalized spacial score (nSPS) is 17.3. The lowest BCUT2D eigenvalue weighted by Crippen LogP contribution is -2.31. The number of aryl methyl sites for hydroxylation is 1. The van der Waals surface area contributed by atoms with Crippen LogP contribution in [0.2, 0.25) is 0 Å². The molecule has 7 aromatic rings. The zero-order chi connectivity index (χ0) is 62.2. The van der Waals surface area contributed by atoms with E-state index in [2.05, 4.69) is 257 Å². The summed E-state index contributed by atoms with van der Waals surface area (Å²) in [7, 11) is 0. The summed E-state index contributed by atoms with van der Waals surface area (Å²) in [5.74, 6) is 3.07. The zero-order valence-electron chi connectivity index (χ0n) is 54.4. The number of allylic oxidation sites excluding steroid dienone is 19. The van der Waals surface area contributed by atoms with Gasteiger partial charge in [-0.3, -0.25) is 0 Å². The standard InChI is InChI=1S/C76H63N.C5H12.3C2H6/c1-5-7-19-51(3)66-46-40-58(48-52(66)4)55-36-42-62(43-37-55)77(63-44-38-56(39-45-63)67-27-17-29-70-65(6-2)68-28-18-30-71(68)75(67)70)64-25-16-20-57(49-64)53-32-34-54(35-33-53)59-41-47-74-72(50-59)69-26-14-15-31-73(69)76(74,60-21-10-8-11-22-60)61-23-12-9-13-24-61;1-3-5-4-2;3*1-2/h1,7-8,10-12,14-29,31-36,38-40,42,44-46,48-50,65H,3,6,9,13,30,37,41,43,47H2,2,4H3;3-5H2,1-2H3;3*1-2H3/b19-7-;;;;. The lowest BCUT2D eigenvalue weighted by molar-refractivity contribution is 0.689. The Morgan fingerprint density at radius 1 is 0.625 bits per heavy atom. The van der Waals surface area contributed by atoms with Crippen molar-refractivity contribution in [1.82, 2.24) is 0 Å². The van der Waals surface area contributed by atoms with E-state index in [9.17, 15) is 0 Å².